The first-order valence-corrected chi connectivity index (χ1v) is 5.51. The molecule has 0 N–H and O–H groups in total. The van der Waals surface area contributed by atoms with Crippen LogP contribution in [0.25, 0.3) is 0 Å². The Labute approximate surface area is 98.2 Å². The van der Waals surface area contributed by atoms with Crippen LogP contribution in [-0.2, 0) is 0 Å². The SMILES string of the molecule is Cc1ccc(C)cc1.Cc1cccnc1C. The van der Waals surface area contributed by atoms with Gasteiger partial charge in [-0.3, -0.25) is 4.98 Å². The van der Waals surface area contributed by atoms with Crippen LogP contribution in [0.1, 0.15) is 22.4 Å². The quantitative estimate of drug-likeness (QED) is 0.644. The molecular weight excluding hydrogens is 194 g/mol. The summed E-state index contributed by atoms with van der Waals surface area (Å²) in [5.74, 6) is 0. The third kappa shape index (κ3) is 4.26. The summed E-state index contributed by atoms with van der Waals surface area (Å²) >= 11 is 0. The minimum Gasteiger partial charge on any atom is -0.261 e. The van der Waals surface area contributed by atoms with Crippen LogP contribution in [0.4, 0.5) is 0 Å². The first-order valence-electron chi connectivity index (χ1n) is 5.51. The summed E-state index contributed by atoms with van der Waals surface area (Å²) < 4.78 is 0. The average molecular weight is 213 g/mol. The van der Waals surface area contributed by atoms with E-state index in [1.165, 1.54) is 16.7 Å². The predicted octanol–water partition coefficient (Wildman–Crippen LogP) is 4.00. The van der Waals surface area contributed by atoms with E-state index in [1.807, 2.05) is 19.2 Å². The van der Waals surface area contributed by atoms with Gasteiger partial charge in [-0.05, 0) is 39.3 Å². The summed E-state index contributed by atoms with van der Waals surface area (Å²) in [5.41, 5.74) is 5.03. The normalized spacial score (nSPS) is 9.25. The molecule has 0 bridgehead atoms. The molecule has 0 atom stereocenters. The van der Waals surface area contributed by atoms with Crippen molar-refractivity contribution in [2.45, 2.75) is 27.7 Å². The van der Waals surface area contributed by atoms with E-state index in [1.54, 1.807) is 0 Å². The largest absolute Gasteiger partial charge is 0.261 e. The van der Waals surface area contributed by atoms with E-state index in [2.05, 4.69) is 56.1 Å². The molecule has 0 saturated heterocycles. The second-order valence-corrected chi connectivity index (χ2v) is 4.06. The lowest BCUT2D eigenvalue weighted by Gasteiger charge is -1.92. The van der Waals surface area contributed by atoms with Crippen LogP contribution in [0.3, 0.4) is 0 Å². The Morgan fingerprint density at radius 1 is 0.750 bits per heavy atom. The summed E-state index contributed by atoms with van der Waals surface area (Å²) in [5, 5.41) is 0. The molecule has 16 heavy (non-hydrogen) atoms. The zero-order valence-electron chi connectivity index (χ0n) is 10.5. The van der Waals surface area contributed by atoms with Crippen LogP contribution in [0, 0.1) is 27.7 Å². The molecule has 0 unspecified atom stereocenters. The van der Waals surface area contributed by atoms with Gasteiger partial charge in [-0.1, -0.05) is 41.5 Å². The molecule has 0 spiro atoms. The van der Waals surface area contributed by atoms with Crippen molar-refractivity contribution in [3.8, 4) is 0 Å². The van der Waals surface area contributed by atoms with Gasteiger partial charge in [-0.25, -0.2) is 0 Å². The standard InChI is InChI=1S/C8H10.C7H9N/c1-7-3-5-8(2)6-4-7;1-6-4-3-5-8-7(6)2/h3-6H,1-2H3;3-5H,1-2H3. The van der Waals surface area contributed by atoms with Gasteiger partial charge < -0.3 is 0 Å². The molecule has 0 fully saturated rings. The Balaban J connectivity index is 0.000000160. The molecular formula is C15H19N. The lowest BCUT2D eigenvalue weighted by molar-refractivity contribution is 1.15. The van der Waals surface area contributed by atoms with E-state index in [0.29, 0.717) is 0 Å². The number of hydrogen-bond donors (Lipinski definition) is 0. The van der Waals surface area contributed by atoms with E-state index < -0.39 is 0 Å². The van der Waals surface area contributed by atoms with E-state index in [4.69, 9.17) is 0 Å². The maximum atomic E-state index is 4.08. The van der Waals surface area contributed by atoms with Crippen LogP contribution in [0.15, 0.2) is 42.6 Å². The van der Waals surface area contributed by atoms with Gasteiger partial charge in [0.25, 0.3) is 0 Å². The molecule has 0 amide bonds. The Morgan fingerprint density at radius 3 is 1.56 bits per heavy atom. The molecule has 0 radical (unpaired) electrons. The zero-order valence-corrected chi connectivity index (χ0v) is 10.5. The number of benzene rings is 1. The van der Waals surface area contributed by atoms with Gasteiger partial charge in [0.05, 0.1) is 0 Å². The number of hydrogen-bond acceptors (Lipinski definition) is 1. The van der Waals surface area contributed by atoms with Crippen molar-refractivity contribution in [3.05, 3.63) is 65.0 Å². The van der Waals surface area contributed by atoms with Crippen LogP contribution in [0.5, 0.6) is 0 Å². The van der Waals surface area contributed by atoms with E-state index in [0.717, 1.165) is 5.69 Å². The van der Waals surface area contributed by atoms with Crippen molar-refractivity contribution in [2.24, 2.45) is 0 Å². The van der Waals surface area contributed by atoms with Crippen LogP contribution < -0.4 is 0 Å². The molecule has 2 aromatic rings. The summed E-state index contributed by atoms with van der Waals surface area (Å²) in [4.78, 5) is 4.08. The smallest absolute Gasteiger partial charge is 0.0401 e. The van der Waals surface area contributed by atoms with E-state index in [-0.39, 0.29) is 0 Å². The van der Waals surface area contributed by atoms with Gasteiger partial charge in [0.1, 0.15) is 0 Å². The van der Waals surface area contributed by atoms with Crippen LogP contribution in [0.2, 0.25) is 0 Å². The van der Waals surface area contributed by atoms with Crippen LogP contribution >= 0.6 is 0 Å². The molecule has 2 rings (SSSR count). The van der Waals surface area contributed by atoms with E-state index >= 15 is 0 Å². The van der Waals surface area contributed by atoms with E-state index in [9.17, 15) is 0 Å². The van der Waals surface area contributed by atoms with Crippen LogP contribution in [-0.4, -0.2) is 4.98 Å². The Hall–Kier alpha value is -1.63. The highest BCUT2D eigenvalue weighted by atomic mass is 14.6. The maximum absolute atomic E-state index is 4.08. The molecule has 1 aromatic carbocycles. The van der Waals surface area contributed by atoms with Gasteiger partial charge in [0, 0.05) is 11.9 Å². The van der Waals surface area contributed by atoms with Crippen molar-refractivity contribution in [1.29, 1.82) is 0 Å². The molecule has 1 heteroatoms. The second-order valence-electron chi connectivity index (χ2n) is 4.06. The van der Waals surface area contributed by atoms with Crippen molar-refractivity contribution in [1.82, 2.24) is 4.98 Å². The third-order valence-electron chi connectivity index (χ3n) is 2.49. The summed E-state index contributed by atoms with van der Waals surface area (Å²) in [7, 11) is 0. The molecule has 1 nitrogen and oxygen atoms in total. The monoisotopic (exact) mass is 213 g/mol. The maximum Gasteiger partial charge on any atom is 0.0401 e. The van der Waals surface area contributed by atoms with Crippen molar-refractivity contribution >= 4 is 0 Å². The summed E-state index contributed by atoms with van der Waals surface area (Å²) in [6.45, 7) is 8.26. The fourth-order valence-electron chi connectivity index (χ4n) is 1.20. The summed E-state index contributed by atoms with van der Waals surface area (Å²) in [6, 6.07) is 12.5. The number of nitrogens with zero attached hydrogens (tertiary/aromatic N) is 1. The number of aromatic nitrogens is 1. The predicted molar refractivity (Wildman–Crippen MR) is 69.6 cm³/mol. The zero-order chi connectivity index (χ0) is 12.0. The van der Waals surface area contributed by atoms with Gasteiger partial charge in [0.2, 0.25) is 0 Å². The fraction of sp³-hybridized carbons (Fsp3) is 0.267. The lowest BCUT2D eigenvalue weighted by Crippen LogP contribution is -1.81. The molecule has 1 aromatic heterocycles. The minimum absolute atomic E-state index is 1.12. The number of aryl methyl sites for hydroxylation is 4. The number of pyridine rings is 1. The highest BCUT2D eigenvalue weighted by molar-refractivity contribution is 5.19. The first kappa shape index (κ1) is 12.4. The Kier molecular flexibility index (Phi) is 4.71. The Bertz CT molecular complexity index is 387. The van der Waals surface area contributed by atoms with Gasteiger partial charge in [-0.15, -0.1) is 0 Å². The highest BCUT2D eigenvalue weighted by Gasteiger charge is 1.85. The third-order valence-corrected chi connectivity index (χ3v) is 2.49. The molecule has 0 aliphatic rings. The molecule has 0 aliphatic carbocycles. The Morgan fingerprint density at radius 2 is 1.25 bits per heavy atom. The van der Waals surface area contributed by atoms with Crippen molar-refractivity contribution < 1.29 is 0 Å². The first-order chi connectivity index (χ1) is 7.59. The second kappa shape index (κ2) is 6.06. The fourth-order valence-corrected chi connectivity index (χ4v) is 1.20. The summed E-state index contributed by atoms with van der Waals surface area (Å²) in [6.07, 6.45) is 1.81. The minimum atomic E-state index is 1.12. The average Bonchev–Trinajstić information content (AvgIpc) is 2.28. The molecule has 0 saturated carbocycles. The molecule has 0 aliphatic heterocycles. The number of rotatable bonds is 0. The van der Waals surface area contributed by atoms with Gasteiger partial charge in [0.15, 0.2) is 0 Å². The lowest BCUT2D eigenvalue weighted by atomic mass is 10.2. The molecule has 1 heterocycles. The van der Waals surface area contributed by atoms with Crippen molar-refractivity contribution in [3.63, 3.8) is 0 Å². The highest BCUT2D eigenvalue weighted by Crippen LogP contribution is 1.99. The van der Waals surface area contributed by atoms with Crippen molar-refractivity contribution in [2.75, 3.05) is 0 Å². The molecule has 84 valence electrons. The van der Waals surface area contributed by atoms with Gasteiger partial charge in [-0.2, -0.15) is 0 Å². The van der Waals surface area contributed by atoms with Gasteiger partial charge >= 0.3 is 0 Å². The topological polar surface area (TPSA) is 12.9 Å².